The number of H-pyrrole nitrogens is 1. The predicted molar refractivity (Wildman–Crippen MR) is 139 cm³/mol. The Hall–Kier alpha value is -2.94. The first-order chi connectivity index (χ1) is 15.2. The van der Waals surface area contributed by atoms with Crippen LogP contribution in [0.2, 0.25) is 0 Å². The molecule has 0 aliphatic heterocycles. The maximum Gasteiger partial charge on any atom is 0.171 e. The van der Waals surface area contributed by atoms with E-state index in [-0.39, 0.29) is 16.6 Å². The van der Waals surface area contributed by atoms with E-state index in [0.717, 1.165) is 33.9 Å². The van der Waals surface area contributed by atoms with E-state index in [9.17, 15) is 4.79 Å². The van der Waals surface area contributed by atoms with E-state index < -0.39 is 5.41 Å². The van der Waals surface area contributed by atoms with Crippen molar-refractivity contribution in [2.24, 2.45) is 5.41 Å². The number of rotatable bonds is 4. The summed E-state index contributed by atoms with van der Waals surface area (Å²) in [6, 6.07) is 20.4. The fourth-order valence-electron chi connectivity index (χ4n) is 3.83. The lowest BCUT2D eigenvalue weighted by Gasteiger charge is -2.25. The smallest absolute Gasteiger partial charge is 0.171 e. The number of ketones is 1. The van der Waals surface area contributed by atoms with Crippen molar-refractivity contribution in [1.29, 1.82) is 0 Å². The van der Waals surface area contributed by atoms with Gasteiger partial charge in [-0.3, -0.25) is 4.79 Å². The number of allylic oxidation sites excluding steroid dienone is 1. The van der Waals surface area contributed by atoms with Crippen LogP contribution >= 0.6 is 0 Å². The summed E-state index contributed by atoms with van der Waals surface area (Å²) < 4.78 is 0. The van der Waals surface area contributed by atoms with Gasteiger partial charge in [0, 0.05) is 27.5 Å². The fourth-order valence-corrected chi connectivity index (χ4v) is 3.83. The van der Waals surface area contributed by atoms with Crippen LogP contribution in [-0.2, 0) is 15.6 Å². The Balaban J connectivity index is 2.54. The second kappa shape index (κ2) is 8.78. The number of aromatic amines is 1. The zero-order chi connectivity index (χ0) is 24.6. The van der Waals surface area contributed by atoms with Crippen molar-refractivity contribution >= 4 is 16.9 Å². The molecule has 0 radical (unpaired) electrons. The zero-order valence-corrected chi connectivity index (χ0v) is 21.6. The molecule has 1 aromatic heterocycles. The third-order valence-electron chi connectivity index (χ3n) is 5.68. The van der Waals surface area contributed by atoms with Gasteiger partial charge in [0.25, 0.3) is 0 Å². The fraction of sp³-hybridized carbons (Fsp3) is 0.400. The first-order valence-corrected chi connectivity index (χ1v) is 11.7. The number of hydrogen-bond acceptors (Lipinski definition) is 2. The minimum atomic E-state index is -0.569. The van der Waals surface area contributed by atoms with Crippen molar-refractivity contribution in [3.63, 3.8) is 0 Å². The van der Waals surface area contributed by atoms with Gasteiger partial charge >= 0.3 is 0 Å². The molecule has 3 nitrogen and oxygen atoms in total. The molecule has 0 aliphatic rings. The van der Waals surface area contributed by atoms with Gasteiger partial charge < -0.3 is 4.98 Å². The Labute approximate surface area is 199 Å². The van der Waals surface area contributed by atoms with E-state index in [1.54, 1.807) is 0 Å². The van der Waals surface area contributed by atoms with Crippen molar-refractivity contribution in [2.75, 3.05) is 0 Å². The number of carbonyl (C=O) groups is 1. The van der Waals surface area contributed by atoms with Gasteiger partial charge in [0.2, 0.25) is 0 Å². The average Bonchev–Trinajstić information content (AvgIpc) is 3.18. The highest BCUT2D eigenvalue weighted by atomic mass is 16.1. The summed E-state index contributed by atoms with van der Waals surface area (Å²) in [5, 5.41) is 0. The summed E-state index contributed by atoms with van der Waals surface area (Å²) >= 11 is 0. The molecule has 2 aromatic carbocycles. The molecule has 1 heterocycles. The molecular formula is C30H38N2O. The zero-order valence-electron chi connectivity index (χ0n) is 21.6. The van der Waals surface area contributed by atoms with Crippen LogP contribution < -0.4 is 0 Å². The monoisotopic (exact) mass is 442 g/mol. The highest BCUT2D eigenvalue weighted by molar-refractivity contribution is 6.31. The number of imidazole rings is 1. The Morgan fingerprint density at radius 1 is 0.697 bits per heavy atom. The lowest BCUT2D eigenvalue weighted by Crippen LogP contribution is -2.25. The first-order valence-electron chi connectivity index (χ1n) is 11.7. The SMILES string of the molecule is CC(C)(C)C(=O)C(=C(c1ccccc1)c1ccccc1)c1nc(C(C)(C)C)[nH]c1C(C)(C)C. The van der Waals surface area contributed by atoms with Crippen LogP contribution in [0.5, 0.6) is 0 Å². The van der Waals surface area contributed by atoms with Gasteiger partial charge in [-0.15, -0.1) is 0 Å². The maximum atomic E-state index is 14.2. The topological polar surface area (TPSA) is 45.8 Å². The van der Waals surface area contributed by atoms with Gasteiger partial charge in [0.15, 0.2) is 5.78 Å². The minimum Gasteiger partial charge on any atom is -0.344 e. The summed E-state index contributed by atoms with van der Waals surface area (Å²) in [5.74, 6) is 0.977. The largest absolute Gasteiger partial charge is 0.344 e. The Morgan fingerprint density at radius 2 is 1.15 bits per heavy atom. The van der Waals surface area contributed by atoms with Gasteiger partial charge in [0.1, 0.15) is 5.82 Å². The van der Waals surface area contributed by atoms with Crippen molar-refractivity contribution in [3.05, 3.63) is 89.0 Å². The molecule has 3 heteroatoms. The van der Waals surface area contributed by atoms with Crippen LogP contribution in [0.25, 0.3) is 11.1 Å². The normalized spacial score (nSPS) is 12.5. The van der Waals surface area contributed by atoms with Crippen molar-refractivity contribution in [2.45, 2.75) is 73.1 Å². The molecule has 174 valence electrons. The molecule has 1 N–H and O–H groups in total. The van der Waals surface area contributed by atoms with Crippen LogP contribution in [0.1, 0.15) is 90.7 Å². The summed E-state index contributed by atoms with van der Waals surface area (Å²) in [6.07, 6.45) is 0. The molecule has 0 atom stereocenters. The quantitative estimate of drug-likeness (QED) is 0.423. The van der Waals surface area contributed by atoms with Crippen molar-refractivity contribution in [3.8, 4) is 0 Å². The summed E-state index contributed by atoms with van der Waals surface area (Å²) in [4.78, 5) is 22.9. The second-order valence-electron chi connectivity index (χ2n) is 11.9. The number of hydrogen-bond donors (Lipinski definition) is 1. The van der Waals surface area contributed by atoms with Crippen molar-refractivity contribution < 1.29 is 4.79 Å². The van der Waals surface area contributed by atoms with E-state index in [0.29, 0.717) is 5.57 Å². The van der Waals surface area contributed by atoms with Crippen LogP contribution in [0, 0.1) is 5.41 Å². The maximum absolute atomic E-state index is 14.2. The molecule has 3 aromatic rings. The molecule has 33 heavy (non-hydrogen) atoms. The molecule has 0 amide bonds. The van der Waals surface area contributed by atoms with Crippen LogP contribution in [0.15, 0.2) is 60.7 Å². The number of nitrogens with zero attached hydrogens (tertiary/aromatic N) is 1. The Bertz CT molecular complexity index is 1100. The lowest BCUT2D eigenvalue weighted by molar-refractivity contribution is -0.120. The predicted octanol–water partition coefficient (Wildman–Crippen LogP) is 7.58. The second-order valence-corrected chi connectivity index (χ2v) is 11.9. The van der Waals surface area contributed by atoms with Crippen LogP contribution in [0.4, 0.5) is 0 Å². The van der Waals surface area contributed by atoms with E-state index in [1.807, 2.05) is 57.2 Å². The van der Waals surface area contributed by atoms with Crippen LogP contribution in [-0.4, -0.2) is 15.8 Å². The number of carbonyl (C=O) groups excluding carboxylic acids is 1. The standard InChI is InChI=1S/C30H38N2O/c1-28(2,3)25-24(31-27(32-25)30(7,8)9)23(26(33)29(4,5)6)22(20-16-12-10-13-17-20)21-18-14-11-15-19-21/h10-19H,1-9H3,(H,31,32). The summed E-state index contributed by atoms with van der Waals surface area (Å²) in [5.41, 5.74) is 4.42. The van der Waals surface area contributed by atoms with Gasteiger partial charge in [-0.25, -0.2) is 4.98 Å². The average molecular weight is 443 g/mol. The third-order valence-corrected chi connectivity index (χ3v) is 5.68. The third kappa shape index (κ3) is 5.35. The first kappa shape index (κ1) is 24.7. The molecule has 0 spiro atoms. The van der Waals surface area contributed by atoms with Gasteiger partial charge in [-0.05, 0) is 11.1 Å². The Morgan fingerprint density at radius 3 is 1.52 bits per heavy atom. The minimum absolute atomic E-state index is 0.0858. The molecule has 0 unspecified atom stereocenters. The van der Waals surface area contributed by atoms with Crippen LogP contribution in [0.3, 0.4) is 0 Å². The number of Topliss-reactive ketones (excluding diaryl/α,β-unsaturated/α-hetero) is 1. The molecule has 0 aliphatic carbocycles. The molecule has 0 saturated heterocycles. The Kier molecular flexibility index (Phi) is 6.57. The van der Waals surface area contributed by atoms with E-state index in [2.05, 4.69) is 70.8 Å². The van der Waals surface area contributed by atoms with Crippen molar-refractivity contribution in [1.82, 2.24) is 9.97 Å². The number of nitrogens with one attached hydrogen (secondary N) is 1. The molecular weight excluding hydrogens is 404 g/mol. The number of aromatic nitrogens is 2. The summed E-state index contributed by atoms with van der Waals surface area (Å²) in [6.45, 7) is 18.9. The van der Waals surface area contributed by atoms with E-state index in [1.165, 1.54) is 0 Å². The molecule has 0 fully saturated rings. The van der Waals surface area contributed by atoms with Gasteiger partial charge in [-0.1, -0.05) is 123 Å². The van der Waals surface area contributed by atoms with E-state index in [4.69, 9.17) is 4.98 Å². The molecule has 0 bridgehead atoms. The van der Waals surface area contributed by atoms with E-state index >= 15 is 0 Å². The van der Waals surface area contributed by atoms with Gasteiger partial charge in [0.05, 0.1) is 11.3 Å². The highest BCUT2D eigenvalue weighted by Gasteiger charge is 2.36. The molecule has 3 rings (SSSR count). The number of benzene rings is 2. The lowest BCUT2D eigenvalue weighted by atomic mass is 9.78. The van der Waals surface area contributed by atoms with Gasteiger partial charge in [-0.2, -0.15) is 0 Å². The highest BCUT2D eigenvalue weighted by Crippen LogP contribution is 2.41. The molecule has 0 saturated carbocycles. The summed E-state index contributed by atoms with van der Waals surface area (Å²) in [7, 11) is 0.